The van der Waals surface area contributed by atoms with Crippen molar-refractivity contribution in [1.82, 2.24) is 24.5 Å². The van der Waals surface area contributed by atoms with E-state index in [1.54, 1.807) is 12.4 Å². The average molecular weight is 472 g/mol. The van der Waals surface area contributed by atoms with Crippen molar-refractivity contribution in [2.75, 3.05) is 25.7 Å². The maximum atomic E-state index is 14.2. The molecule has 1 fully saturated rings. The van der Waals surface area contributed by atoms with Crippen LogP contribution in [0.5, 0.6) is 11.5 Å². The molecule has 9 nitrogen and oxygen atoms in total. The minimum absolute atomic E-state index is 0.00135. The molecule has 3 aromatic heterocycles. The van der Waals surface area contributed by atoms with E-state index in [-0.39, 0.29) is 12.4 Å². The third-order valence-electron chi connectivity index (χ3n) is 5.64. The lowest BCUT2D eigenvalue weighted by Crippen LogP contribution is -2.24. The highest BCUT2D eigenvalue weighted by molar-refractivity contribution is 7.99. The van der Waals surface area contributed by atoms with Gasteiger partial charge in [0.2, 0.25) is 0 Å². The zero-order valence-electron chi connectivity index (χ0n) is 18.1. The smallest absolute Gasteiger partial charge is 0.360 e. The Morgan fingerprint density at radius 1 is 1.24 bits per heavy atom. The van der Waals surface area contributed by atoms with Gasteiger partial charge < -0.3 is 14.3 Å². The Hall–Kier alpha value is -3.47. The molecule has 0 bridgehead atoms. The minimum atomic E-state index is -0.551. The van der Waals surface area contributed by atoms with Crippen molar-refractivity contribution in [2.45, 2.75) is 19.1 Å². The molecule has 1 unspecified atom stereocenters. The number of pyridine rings is 1. The second kappa shape index (κ2) is 8.81. The Morgan fingerprint density at radius 3 is 2.88 bits per heavy atom. The lowest BCUT2D eigenvalue weighted by Gasteiger charge is -2.14. The number of thioether (sulfide) groups is 1. The standard InChI is InChI=1S/C22H22FN5O4S/c1-30-19-4-3-17(23)20(31-2)16(19)11-32-28-18-7-13(8-24-21(18)26-22(28)29)14-9-25-27(10-14)15-5-6-33-12-15/h3-4,7-10,15H,5-6,11-12H2,1-2H3,(H,24,26,29). The highest BCUT2D eigenvalue weighted by Crippen LogP contribution is 2.32. The first-order valence-electron chi connectivity index (χ1n) is 10.3. The summed E-state index contributed by atoms with van der Waals surface area (Å²) in [6, 6.07) is 4.93. The number of benzene rings is 1. The Balaban J connectivity index is 1.47. The van der Waals surface area contributed by atoms with Crippen molar-refractivity contribution < 1.29 is 18.7 Å². The Bertz CT molecular complexity index is 1360. The normalized spacial score (nSPS) is 15.8. The predicted molar refractivity (Wildman–Crippen MR) is 122 cm³/mol. The van der Waals surface area contributed by atoms with Crippen LogP contribution in [0.1, 0.15) is 18.0 Å². The number of rotatable bonds is 7. The van der Waals surface area contributed by atoms with Crippen LogP contribution in [0, 0.1) is 5.82 Å². The molecular formula is C22H22FN5O4S. The third-order valence-corrected chi connectivity index (χ3v) is 6.79. The van der Waals surface area contributed by atoms with Gasteiger partial charge in [-0.3, -0.25) is 9.67 Å². The number of imidazole rings is 1. The van der Waals surface area contributed by atoms with E-state index in [2.05, 4.69) is 15.1 Å². The molecule has 1 aliphatic rings. The fourth-order valence-corrected chi connectivity index (χ4v) is 5.13. The van der Waals surface area contributed by atoms with Crippen molar-refractivity contribution >= 4 is 22.9 Å². The first-order valence-corrected chi connectivity index (χ1v) is 11.5. The van der Waals surface area contributed by atoms with Gasteiger partial charge in [-0.1, -0.05) is 0 Å². The van der Waals surface area contributed by atoms with Crippen molar-refractivity contribution in [3.8, 4) is 22.6 Å². The molecule has 4 aromatic rings. The van der Waals surface area contributed by atoms with Crippen molar-refractivity contribution in [3.63, 3.8) is 0 Å². The topological polar surface area (TPSA) is 96.2 Å². The maximum absolute atomic E-state index is 14.2. The van der Waals surface area contributed by atoms with Crippen LogP contribution in [0.3, 0.4) is 0 Å². The summed E-state index contributed by atoms with van der Waals surface area (Å²) >= 11 is 1.93. The quantitative estimate of drug-likeness (QED) is 0.443. The summed E-state index contributed by atoms with van der Waals surface area (Å²) in [6.07, 6.45) is 6.58. The van der Waals surface area contributed by atoms with Gasteiger partial charge in [-0.15, -0.1) is 4.73 Å². The number of H-pyrrole nitrogens is 1. The van der Waals surface area contributed by atoms with Crippen LogP contribution < -0.4 is 20.0 Å². The summed E-state index contributed by atoms with van der Waals surface area (Å²) in [5.74, 6) is 2.03. The highest BCUT2D eigenvalue weighted by Gasteiger charge is 2.20. The summed E-state index contributed by atoms with van der Waals surface area (Å²) < 4.78 is 27.8. The predicted octanol–water partition coefficient (Wildman–Crippen LogP) is 3.05. The van der Waals surface area contributed by atoms with Gasteiger partial charge >= 0.3 is 5.69 Å². The monoisotopic (exact) mass is 471 g/mol. The van der Waals surface area contributed by atoms with E-state index in [1.165, 1.54) is 26.4 Å². The number of fused-ring (bicyclic) bond motifs is 1. The van der Waals surface area contributed by atoms with Crippen LogP contribution in [0.4, 0.5) is 4.39 Å². The number of aromatic nitrogens is 5. The number of hydrogen-bond acceptors (Lipinski definition) is 7. The van der Waals surface area contributed by atoms with Crippen LogP contribution in [0.25, 0.3) is 22.3 Å². The van der Waals surface area contributed by atoms with Crippen LogP contribution in [-0.4, -0.2) is 50.2 Å². The zero-order valence-corrected chi connectivity index (χ0v) is 18.9. The number of nitrogens with zero attached hydrogens (tertiary/aromatic N) is 4. The van der Waals surface area contributed by atoms with E-state index >= 15 is 0 Å². The van der Waals surface area contributed by atoms with E-state index in [4.69, 9.17) is 14.3 Å². The fraction of sp³-hybridized carbons (Fsp3) is 0.318. The molecule has 1 aromatic carbocycles. The maximum Gasteiger partial charge on any atom is 0.360 e. The molecule has 1 atom stereocenters. The molecule has 11 heteroatoms. The molecule has 1 aliphatic heterocycles. The van der Waals surface area contributed by atoms with Gasteiger partial charge in [-0.25, -0.2) is 14.2 Å². The summed E-state index contributed by atoms with van der Waals surface area (Å²) in [6.45, 7) is -0.154. The number of ether oxygens (including phenoxy) is 2. The first-order chi connectivity index (χ1) is 16.1. The van der Waals surface area contributed by atoms with Crippen LogP contribution in [-0.2, 0) is 6.61 Å². The van der Waals surface area contributed by atoms with Gasteiger partial charge in [0.25, 0.3) is 0 Å². The summed E-state index contributed by atoms with van der Waals surface area (Å²) in [5.41, 5.74) is 2.38. The molecule has 0 aliphatic carbocycles. The second-order valence-corrected chi connectivity index (χ2v) is 8.73. The van der Waals surface area contributed by atoms with Crippen LogP contribution in [0.15, 0.2) is 41.6 Å². The van der Waals surface area contributed by atoms with Crippen molar-refractivity contribution in [2.24, 2.45) is 0 Å². The summed E-state index contributed by atoms with van der Waals surface area (Å²) in [7, 11) is 2.83. The minimum Gasteiger partial charge on any atom is -0.496 e. The molecular weight excluding hydrogens is 449 g/mol. The molecule has 0 spiro atoms. The SMILES string of the molecule is COc1ccc(F)c(OC)c1COn1c(=O)[nH]c2ncc(-c3cnn(C4CCSC4)c3)cc21. The molecule has 1 N–H and O–H groups in total. The zero-order chi connectivity index (χ0) is 22.9. The molecule has 0 amide bonds. The summed E-state index contributed by atoms with van der Waals surface area (Å²) in [4.78, 5) is 25.4. The second-order valence-electron chi connectivity index (χ2n) is 7.58. The number of hydrogen-bond donors (Lipinski definition) is 1. The molecule has 172 valence electrons. The molecule has 0 saturated carbocycles. The van der Waals surface area contributed by atoms with Crippen LogP contribution >= 0.6 is 11.8 Å². The lowest BCUT2D eigenvalue weighted by molar-refractivity contribution is 0.0953. The number of methoxy groups -OCH3 is 2. The fourth-order valence-electron chi connectivity index (χ4n) is 3.93. The molecule has 0 radical (unpaired) electrons. The highest BCUT2D eigenvalue weighted by atomic mass is 32.2. The largest absolute Gasteiger partial charge is 0.496 e. The van der Waals surface area contributed by atoms with E-state index in [9.17, 15) is 9.18 Å². The number of aromatic amines is 1. The van der Waals surface area contributed by atoms with Gasteiger partial charge in [0.05, 0.1) is 32.0 Å². The number of nitrogens with one attached hydrogen (secondary N) is 1. The number of halogens is 1. The van der Waals surface area contributed by atoms with E-state index in [0.29, 0.717) is 28.5 Å². The van der Waals surface area contributed by atoms with Crippen molar-refractivity contribution in [1.29, 1.82) is 0 Å². The van der Waals surface area contributed by atoms with Gasteiger partial charge in [-0.2, -0.15) is 16.9 Å². The first kappa shape index (κ1) is 21.4. The van der Waals surface area contributed by atoms with E-state index in [0.717, 1.165) is 33.8 Å². The average Bonchev–Trinajstić information content (AvgIpc) is 3.57. The van der Waals surface area contributed by atoms with E-state index in [1.807, 2.05) is 28.7 Å². The molecule has 5 rings (SSSR count). The van der Waals surface area contributed by atoms with E-state index < -0.39 is 11.5 Å². The molecule has 4 heterocycles. The third kappa shape index (κ3) is 3.92. The van der Waals surface area contributed by atoms with Gasteiger partial charge in [-0.05, 0) is 30.4 Å². The van der Waals surface area contributed by atoms with Gasteiger partial charge in [0.15, 0.2) is 17.2 Å². The Morgan fingerprint density at radius 2 is 2.12 bits per heavy atom. The molecule has 33 heavy (non-hydrogen) atoms. The summed E-state index contributed by atoms with van der Waals surface area (Å²) in [5, 5.41) is 4.51. The van der Waals surface area contributed by atoms with Gasteiger partial charge in [0.1, 0.15) is 17.9 Å². The van der Waals surface area contributed by atoms with Gasteiger partial charge in [0, 0.05) is 29.3 Å². The Kier molecular flexibility index (Phi) is 5.71. The molecule has 1 saturated heterocycles. The Labute approximate surface area is 192 Å². The lowest BCUT2D eigenvalue weighted by atomic mass is 10.1. The van der Waals surface area contributed by atoms with Crippen LogP contribution in [0.2, 0.25) is 0 Å². The van der Waals surface area contributed by atoms with Crippen molar-refractivity contribution in [3.05, 3.63) is 58.7 Å².